The first-order valence-corrected chi connectivity index (χ1v) is 5.65. The van der Waals surface area contributed by atoms with Crippen LogP contribution in [-0.2, 0) is 9.59 Å². The highest BCUT2D eigenvalue weighted by atomic mass is 16.4. The van der Waals surface area contributed by atoms with E-state index in [0.717, 1.165) is 0 Å². The second-order valence-corrected chi connectivity index (χ2v) is 4.19. The number of Topliss-reactive ketones (excluding diaryl/α,β-unsaturated/α-hetero) is 1. The number of ketones is 1. The third-order valence-corrected chi connectivity index (χ3v) is 2.63. The summed E-state index contributed by atoms with van der Waals surface area (Å²) in [5.74, 6) is -3.17. The number of aliphatic hydroxyl groups is 1. The van der Waals surface area contributed by atoms with Gasteiger partial charge >= 0.3 is 5.97 Å². The number of carbonyl (C=O) groups is 3. The molecule has 0 aliphatic carbocycles. The Morgan fingerprint density at radius 3 is 2.11 bits per heavy atom. The van der Waals surface area contributed by atoms with Gasteiger partial charge in [-0.1, -0.05) is 6.92 Å². The molecular formula is C13H15NO5. The van der Waals surface area contributed by atoms with Crippen LogP contribution in [-0.4, -0.2) is 34.0 Å². The SMILES string of the molecule is CC(=O)Nc1ccc(C(=O)C(C)C(O)C(=O)O)cc1. The summed E-state index contributed by atoms with van der Waals surface area (Å²) < 4.78 is 0. The summed E-state index contributed by atoms with van der Waals surface area (Å²) in [4.78, 5) is 33.3. The highest BCUT2D eigenvalue weighted by molar-refractivity contribution is 6.00. The average molecular weight is 265 g/mol. The topological polar surface area (TPSA) is 104 Å². The molecule has 2 unspecified atom stereocenters. The summed E-state index contributed by atoms with van der Waals surface area (Å²) in [7, 11) is 0. The van der Waals surface area contributed by atoms with E-state index in [1.54, 1.807) is 0 Å². The standard InChI is InChI=1S/C13H15NO5/c1-7(12(17)13(18)19)11(16)9-3-5-10(6-4-9)14-8(2)15/h3-7,12,17H,1-2H3,(H,14,15)(H,18,19). The summed E-state index contributed by atoms with van der Waals surface area (Å²) >= 11 is 0. The lowest BCUT2D eigenvalue weighted by Gasteiger charge is -2.14. The number of carbonyl (C=O) groups excluding carboxylic acids is 2. The average Bonchev–Trinajstić information content (AvgIpc) is 2.36. The van der Waals surface area contributed by atoms with Crippen molar-refractivity contribution in [2.24, 2.45) is 5.92 Å². The third kappa shape index (κ3) is 3.89. The van der Waals surface area contributed by atoms with Gasteiger partial charge in [0.25, 0.3) is 0 Å². The molecule has 1 aromatic rings. The number of nitrogens with one attached hydrogen (secondary N) is 1. The molecule has 19 heavy (non-hydrogen) atoms. The number of aliphatic hydroxyl groups excluding tert-OH is 1. The number of hydrogen-bond donors (Lipinski definition) is 3. The molecule has 0 bridgehead atoms. The van der Waals surface area contributed by atoms with E-state index in [9.17, 15) is 19.5 Å². The molecule has 0 fully saturated rings. The molecule has 102 valence electrons. The second-order valence-electron chi connectivity index (χ2n) is 4.19. The van der Waals surface area contributed by atoms with E-state index in [1.807, 2.05) is 0 Å². The summed E-state index contributed by atoms with van der Waals surface area (Å²) in [6.07, 6.45) is -1.73. The van der Waals surface area contributed by atoms with Crippen molar-refractivity contribution in [3.8, 4) is 0 Å². The molecule has 1 aromatic carbocycles. The molecule has 0 aromatic heterocycles. The van der Waals surface area contributed by atoms with Crippen molar-refractivity contribution in [3.05, 3.63) is 29.8 Å². The van der Waals surface area contributed by atoms with Gasteiger partial charge in [-0.05, 0) is 24.3 Å². The summed E-state index contributed by atoms with van der Waals surface area (Å²) in [6, 6.07) is 6.01. The normalized spacial score (nSPS) is 13.4. The molecule has 0 aliphatic heterocycles. The van der Waals surface area contributed by atoms with Crippen LogP contribution in [0, 0.1) is 5.92 Å². The maximum atomic E-state index is 11.9. The molecule has 0 radical (unpaired) electrons. The minimum atomic E-state index is -1.73. The molecule has 6 heteroatoms. The van der Waals surface area contributed by atoms with Gasteiger partial charge in [-0.15, -0.1) is 0 Å². The Morgan fingerprint density at radius 2 is 1.68 bits per heavy atom. The predicted molar refractivity (Wildman–Crippen MR) is 67.9 cm³/mol. The van der Waals surface area contributed by atoms with Crippen molar-refractivity contribution in [1.82, 2.24) is 0 Å². The Labute approximate surface area is 110 Å². The number of benzene rings is 1. The van der Waals surface area contributed by atoms with Crippen LogP contribution in [0.15, 0.2) is 24.3 Å². The predicted octanol–water partition coefficient (Wildman–Crippen LogP) is 0.909. The molecule has 2 atom stereocenters. The lowest BCUT2D eigenvalue weighted by Crippen LogP contribution is -2.32. The van der Waals surface area contributed by atoms with Crippen LogP contribution < -0.4 is 5.32 Å². The zero-order valence-electron chi connectivity index (χ0n) is 10.6. The van der Waals surface area contributed by atoms with Crippen molar-refractivity contribution in [2.45, 2.75) is 20.0 Å². The van der Waals surface area contributed by atoms with Crippen molar-refractivity contribution in [1.29, 1.82) is 0 Å². The number of aliphatic carboxylic acids is 1. The van der Waals surface area contributed by atoms with Gasteiger partial charge < -0.3 is 15.5 Å². The fourth-order valence-electron chi connectivity index (χ4n) is 1.54. The molecular weight excluding hydrogens is 250 g/mol. The Balaban J connectivity index is 2.83. The number of hydrogen-bond acceptors (Lipinski definition) is 4. The molecule has 0 saturated carbocycles. The molecule has 0 aliphatic rings. The first-order chi connectivity index (χ1) is 8.82. The van der Waals surface area contributed by atoms with Gasteiger partial charge in [-0.2, -0.15) is 0 Å². The molecule has 0 saturated heterocycles. The fourth-order valence-corrected chi connectivity index (χ4v) is 1.54. The van der Waals surface area contributed by atoms with Gasteiger partial charge in [-0.25, -0.2) is 4.79 Å². The quantitative estimate of drug-likeness (QED) is 0.686. The molecule has 3 N–H and O–H groups in total. The van der Waals surface area contributed by atoms with Crippen LogP contribution in [0.5, 0.6) is 0 Å². The highest BCUT2D eigenvalue weighted by Gasteiger charge is 2.28. The van der Waals surface area contributed by atoms with E-state index in [1.165, 1.54) is 38.1 Å². The largest absolute Gasteiger partial charge is 0.479 e. The number of amides is 1. The van der Waals surface area contributed by atoms with Crippen molar-refractivity contribution >= 4 is 23.3 Å². The van der Waals surface area contributed by atoms with E-state index in [0.29, 0.717) is 5.69 Å². The van der Waals surface area contributed by atoms with Gasteiger partial charge in [0.15, 0.2) is 11.9 Å². The minimum Gasteiger partial charge on any atom is -0.479 e. The van der Waals surface area contributed by atoms with E-state index in [2.05, 4.69) is 5.32 Å². The van der Waals surface area contributed by atoms with Crippen LogP contribution in [0.3, 0.4) is 0 Å². The van der Waals surface area contributed by atoms with Crippen LogP contribution in [0.1, 0.15) is 24.2 Å². The Bertz CT molecular complexity index is 494. The van der Waals surface area contributed by atoms with Crippen LogP contribution in [0.2, 0.25) is 0 Å². The first-order valence-electron chi connectivity index (χ1n) is 5.65. The minimum absolute atomic E-state index is 0.228. The summed E-state index contributed by atoms with van der Waals surface area (Å²) in [6.45, 7) is 2.72. The Hall–Kier alpha value is -2.21. The van der Waals surface area contributed by atoms with Gasteiger partial charge in [0, 0.05) is 18.2 Å². The lowest BCUT2D eigenvalue weighted by molar-refractivity contribution is -0.148. The van der Waals surface area contributed by atoms with E-state index < -0.39 is 23.8 Å². The molecule has 6 nitrogen and oxygen atoms in total. The van der Waals surface area contributed by atoms with Crippen LogP contribution in [0.25, 0.3) is 0 Å². The zero-order valence-corrected chi connectivity index (χ0v) is 10.6. The molecule has 0 spiro atoms. The second kappa shape index (κ2) is 6.10. The first kappa shape index (κ1) is 14.8. The van der Waals surface area contributed by atoms with Crippen molar-refractivity contribution in [3.63, 3.8) is 0 Å². The number of carboxylic acid groups (broad SMARTS) is 1. The lowest BCUT2D eigenvalue weighted by atomic mass is 9.94. The van der Waals surface area contributed by atoms with Crippen LogP contribution in [0.4, 0.5) is 5.69 Å². The summed E-state index contributed by atoms with van der Waals surface area (Å²) in [5.41, 5.74) is 0.817. The zero-order chi connectivity index (χ0) is 14.6. The highest BCUT2D eigenvalue weighted by Crippen LogP contribution is 2.15. The Morgan fingerprint density at radius 1 is 1.16 bits per heavy atom. The molecule has 0 heterocycles. The van der Waals surface area contributed by atoms with Gasteiger partial charge in [-0.3, -0.25) is 9.59 Å². The maximum Gasteiger partial charge on any atom is 0.333 e. The smallest absolute Gasteiger partial charge is 0.333 e. The molecule has 1 amide bonds. The monoisotopic (exact) mass is 265 g/mol. The van der Waals surface area contributed by atoms with Crippen molar-refractivity contribution in [2.75, 3.05) is 5.32 Å². The van der Waals surface area contributed by atoms with Gasteiger partial charge in [0.1, 0.15) is 0 Å². The fraction of sp³-hybridized carbons (Fsp3) is 0.308. The summed E-state index contributed by atoms with van der Waals surface area (Å²) in [5, 5.41) is 20.5. The van der Waals surface area contributed by atoms with Gasteiger partial charge in [0.05, 0.1) is 5.92 Å². The number of rotatable bonds is 5. The molecule has 1 rings (SSSR count). The number of anilines is 1. The third-order valence-electron chi connectivity index (χ3n) is 2.63. The van der Waals surface area contributed by atoms with Crippen LogP contribution >= 0.6 is 0 Å². The Kier molecular flexibility index (Phi) is 4.77. The van der Waals surface area contributed by atoms with Crippen molar-refractivity contribution < 1.29 is 24.6 Å². The number of carboxylic acids is 1. The van der Waals surface area contributed by atoms with E-state index in [-0.39, 0.29) is 11.5 Å². The van der Waals surface area contributed by atoms with E-state index >= 15 is 0 Å². The maximum absolute atomic E-state index is 11.9. The van der Waals surface area contributed by atoms with E-state index in [4.69, 9.17) is 5.11 Å². The van der Waals surface area contributed by atoms with Gasteiger partial charge in [0.2, 0.25) is 5.91 Å².